The smallest absolute Gasteiger partial charge is 0.408 e. The van der Waals surface area contributed by atoms with Crippen molar-refractivity contribution in [3.8, 4) is 0 Å². The summed E-state index contributed by atoms with van der Waals surface area (Å²) in [6, 6.07) is 7.97. The van der Waals surface area contributed by atoms with Crippen LogP contribution in [0, 0.1) is 0 Å². The molecular formula is C15H21NO5. The van der Waals surface area contributed by atoms with Crippen molar-refractivity contribution in [1.29, 1.82) is 0 Å². The number of benzene rings is 1. The lowest BCUT2D eigenvalue weighted by atomic mass is 10.2. The van der Waals surface area contributed by atoms with Gasteiger partial charge >= 0.3 is 12.1 Å². The normalized spacial score (nSPS) is 12.4. The fourth-order valence-corrected chi connectivity index (χ4v) is 1.46. The van der Waals surface area contributed by atoms with Crippen LogP contribution >= 0.6 is 0 Å². The fourth-order valence-electron chi connectivity index (χ4n) is 1.46. The molecule has 1 amide bonds. The molecule has 0 spiro atoms. The number of carbonyl (C=O) groups excluding carboxylic acids is 2. The third kappa shape index (κ3) is 6.76. The van der Waals surface area contributed by atoms with Gasteiger partial charge in [-0.3, -0.25) is 0 Å². The lowest BCUT2D eigenvalue weighted by Gasteiger charge is -2.22. The first-order valence-corrected chi connectivity index (χ1v) is 6.63. The zero-order valence-corrected chi connectivity index (χ0v) is 12.5. The molecule has 0 radical (unpaired) electrons. The van der Waals surface area contributed by atoms with Crippen molar-refractivity contribution < 1.29 is 24.2 Å². The van der Waals surface area contributed by atoms with Crippen molar-refractivity contribution in [3.05, 3.63) is 35.9 Å². The molecule has 0 heterocycles. The van der Waals surface area contributed by atoms with Gasteiger partial charge < -0.3 is 19.9 Å². The van der Waals surface area contributed by atoms with Gasteiger partial charge in [-0.15, -0.1) is 0 Å². The second-order valence-corrected chi connectivity index (χ2v) is 5.47. The SMILES string of the molecule is CC(C)(C)OC(=O)N[C@H](CO)C(=O)OCc1ccccc1. The minimum Gasteiger partial charge on any atom is -0.459 e. The van der Waals surface area contributed by atoms with Gasteiger partial charge in [-0.25, -0.2) is 9.59 Å². The number of hydrogen-bond acceptors (Lipinski definition) is 5. The first-order chi connectivity index (χ1) is 9.81. The summed E-state index contributed by atoms with van der Waals surface area (Å²) in [6.45, 7) is 4.62. The van der Waals surface area contributed by atoms with Gasteiger partial charge in [0.05, 0.1) is 6.61 Å². The van der Waals surface area contributed by atoms with Gasteiger partial charge in [0.1, 0.15) is 12.2 Å². The molecule has 1 aromatic carbocycles. The summed E-state index contributed by atoms with van der Waals surface area (Å²) in [5.74, 6) is -0.716. The molecule has 1 aromatic rings. The molecule has 0 aromatic heterocycles. The molecular weight excluding hydrogens is 274 g/mol. The van der Waals surface area contributed by atoms with E-state index in [0.29, 0.717) is 0 Å². The van der Waals surface area contributed by atoms with Crippen LogP contribution in [-0.2, 0) is 20.9 Å². The molecule has 0 saturated carbocycles. The Hall–Kier alpha value is -2.08. The van der Waals surface area contributed by atoms with Crippen LogP contribution < -0.4 is 5.32 Å². The Morgan fingerprint density at radius 3 is 2.38 bits per heavy atom. The molecule has 0 aliphatic carbocycles. The summed E-state index contributed by atoms with van der Waals surface area (Å²) in [5.41, 5.74) is 0.137. The third-order valence-electron chi connectivity index (χ3n) is 2.38. The van der Waals surface area contributed by atoms with Crippen LogP contribution in [0.4, 0.5) is 4.79 Å². The maximum Gasteiger partial charge on any atom is 0.408 e. The van der Waals surface area contributed by atoms with E-state index in [1.807, 2.05) is 30.3 Å². The molecule has 0 bridgehead atoms. The molecule has 116 valence electrons. The molecule has 21 heavy (non-hydrogen) atoms. The number of aliphatic hydroxyl groups excluding tert-OH is 1. The zero-order chi connectivity index (χ0) is 15.9. The summed E-state index contributed by atoms with van der Waals surface area (Å²) in [6.07, 6.45) is -0.779. The highest BCUT2D eigenvalue weighted by molar-refractivity contribution is 5.81. The van der Waals surface area contributed by atoms with Crippen LogP contribution in [0.25, 0.3) is 0 Å². The fraction of sp³-hybridized carbons (Fsp3) is 0.467. The monoisotopic (exact) mass is 295 g/mol. The molecule has 1 atom stereocenters. The van der Waals surface area contributed by atoms with Crippen LogP contribution in [-0.4, -0.2) is 35.4 Å². The van der Waals surface area contributed by atoms with Crippen LogP contribution in [0.3, 0.4) is 0 Å². The average molecular weight is 295 g/mol. The van der Waals surface area contributed by atoms with E-state index in [1.165, 1.54) is 0 Å². The molecule has 0 fully saturated rings. The van der Waals surface area contributed by atoms with Crippen molar-refractivity contribution in [2.24, 2.45) is 0 Å². The number of alkyl carbamates (subject to hydrolysis) is 1. The number of hydrogen-bond donors (Lipinski definition) is 2. The molecule has 0 saturated heterocycles. The summed E-state index contributed by atoms with van der Waals surface area (Å²) >= 11 is 0. The highest BCUT2D eigenvalue weighted by Gasteiger charge is 2.24. The van der Waals surface area contributed by atoms with E-state index in [4.69, 9.17) is 14.6 Å². The second kappa shape index (κ2) is 7.64. The van der Waals surface area contributed by atoms with Crippen molar-refractivity contribution in [3.63, 3.8) is 0 Å². The topological polar surface area (TPSA) is 84.9 Å². The van der Waals surface area contributed by atoms with Crippen LogP contribution in [0.1, 0.15) is 26.3 Å². The lowest BCUT2D eigenvalue weighted by molar-refractivity contribution is -0.148. The molecule has 0 unspecified atom stereocenters. The Morgan fingerprint density at radius 2 is 1.86 bits per heavy atom. The Morgan fingerprint density at radius 1 is 1.24 bits per heavy atom. The lowest BCUT2D eigenvalue weighted by Crippen LogP contribution is -2.46. The van der Waals surface area contributed by atoms with Crippen molar-refractivity contribution in [2.75, 3.05) is 6.61 Å². The van der Waals surface area contributed by atoms with Gasteiger partial charge in [0.15, 0.2) is 6.04 Å². The molecule has 6 nitrogen and oxygen atoms in total. The van der Waals surface area contributed by atoms with E-state index in [0.717, 1.165) is 5.56 Å². The largest absolute Gasteiger partial charge is 0.459 e. The highest BCUT2D eigenvalue weighted by Crippen LogP contribution is 2.07. The minimum absolute atomic E-state index is 0.0756. The van der Waals surface area contributed by atoms with Crippen LogP contribution in [0.5, 0.6) is 0 Å². The predicted molar refractivity (Wildman–Crippen MR) is 76.5 cm³/mol. The Bertz CT molecular complexity index is 467. The van der Waals surface area contributed by atoms with Gasteiger partial charge in [0, 0.05) is 0 Å². The predicted octanol–water partition coefficient (Wildman–Crippen LogP) is 1.62. The Balaban J connectivity index is 2.48. The standard InChI is InChI=1S/C15H21NO5/c1-15(2,3)21-14(19)16-12(9-17)13(18)20-10-11-7-5-4-6-8-11/h4-8,12,17H,9-10H2,1-3H3,(H,16,19)/t12-/m1/s1. The first-order valence-electron chi connectivity index (χ1n) is 6.63. The molecule has 1 rings (SSSR count). The highest BCUT2D eigenvalue weighted by atomic mass is 16.6. The van der Waals surface area contributed by atoms with Crippen LogP contribution in [0.15, 0.2) is 30.3 Å². The first kappa shape index (κ1) is 17.0. The van der Waals surface area contributed by atoms with Gasteiger partial charge in [0.2, 0.25) is 0 Å². The molecule has 6 heteroatoms. The Kier molecular flexibility index (Phi) is 6.17. The summed E-state index contributed by atoms with van der Waals surface area (Å²) in [5, 5.41) is 11.4. The second-order valence-electron chi connectivity index (χ2n) is 5.47. The average Bonchev–Trinajstić information content (AvgIpc) is 2.41. The zero-order valence-electron chi connectivity index (χ0n) is 12.5. The number of ether oxygens (including phenoxy) is 2. The van der Waals surface area contributed by atoms with Gasteiger partial charge in [-0.05, 0) is 26.3 Å². The van der Waals surface area contributed by atoms with Gasteiger partial charge in [-0.1, -0.05) is 30.3 Å². The van der Waals surface area contributed by atoms with E-state index >= 15 is 0 Å². The van der Waals surface area contributed by atoms with Crippen molar-refractivity contribution in [2.45, 2.75) is 39.0 Å². The van der Waals surface area contributed by atoms with Gasteiger partial charge in [0.25, 0.3) is 0 Å². The number of carbonyl (C=O) groups is 2. The van der Waals surface area contributed by atoms with Gasteiger partial charge in [-0.2, -0.15) is 0 Å². The number of amides is 1. The number of nitrogens with one attached hydrogen (secondary N) is 1. The maximum atomic E-state index is 11.8. The summed E-state index contributed by atoms with van der Waals surface area (Å²) < 4.78 is 10.1. The van der Waals surface area contributed by atoms with Crippen LogP contribution in [0.2, 0.25) is 0 Å². The summed E-state index contributed by atoms with van der Waals surface area (Å²) in [4.78, 5) is 23.4. The Labute approximate surface area is 124 Å². The molecule has 2 N–H and O–H groups in total. The van der Waals surface area contributed by atoms with E-state index < -0.39 is 30.3 Å². The number of rotatable bonds is 5. The van der Waals surface area contributed by atoms with Crippen molar-refractivity contribution in [1.82, 2.24) is 5.32 Å². The molecule has 0 aliphatic rings. The van der Waals surface area contributed by atoms with E-state index in [9.17, 15) is 9.59 Å². The third-order valence-corrected chi connectivity index (χ3v) is 2.38. The number of aliphatic hydroxyl groups is 1. The maximum absolute atomic E-state index is 11.8. The molecule has 0 aliphatic heterocycles. The van der Waals surface area contributed by atoms with E-state index in [2.05, 4.69) is 5.32 Å². The van der Waals surface area contributed by atoms with E-state index in [1.54, 1.807) is 20.8 Å². The number of esters is 1. The minimum atomic E-state index is -1.15. The van der Waals surface area contributed by atoms with Crippen molar-refractivity contribution >= 4 is 12.1 Å². The quantitative estimate of drug-likeness (QED) is 0.806. The summed E-state index contributed by atoms with van der Waals surface area (Å²) in [7, 11) is 0. The van der Waals surface area contributed by atoms with E-state index in [-0.39, 0.29) is 6.61 Å².